The summed E-state index contributed by atoms with van der Waals surface area (Å²) in [6.07, 6.45) is -6.30. The molecule has 15 nitrogen and oxygen atoms in total. The molecule has 3 heterocycles. The molecule has 3 aromatic rings. The quantitative estimate of drug-likeness (QED) is 0.215. The summed E-state index contributed by atoms with van der Waals surface area (Å²) in [6.45, 7) is 5.45. The van der Waals surface area contributed by atoms with Crippen molar-refractivity contribution in [2.75, 3.05) is 19.8 Å². The summed E-state index contributed by atoms with van der Waals surface area (Å²) in [5, 5.41) is 1.74. The second-order valence-corrected chi connectivity index (χ2v) is 10.7. The van der Waals surface area contributed by atoms with Gasteiger partial charge in [-0.25, -0.2) is 9.78 Å². The lowest BCUT2D eigenvalue weighted by atomic mass is 9.94. The second kappa shape index (κ2) is 15.0. The first-order valence-corrected chi connectivity index (χ1v) is 14.9. The van der Waals surface area contributed by atoms with Crippen LogP contribution < -0.4 is 10.2 Å². The summed E-state index contributed by atoms with van der Waals surface area (Å²) >= 11 is 1.24. The van der Waals surface area contributed by atoms with Crippen molar-refractivity contribution in [3.63, 3.8) is 0 Å². The zero-order chi connectivity index (χ0) is 33.5. The van der Waals surface area contributed by atoms with Crippen molar-refractivity contribution in [1.82, 2.24) is 4.98 Å². The van der Waals surface area contributed by atoms with E-state index in [0.717, 1.165) is 20.8 Å². The number of carbonyl (C=O) groups excluding carboxylic acids is 5. The van der Waals surface area contributed by atoms with Crippen molar-refractivity contribution >= 4 is 52.2 Å². The molecule has 0 saturated carbocycles. The monoisotopic (exact) mass is 661 g/mol. The number of hydrogen-bond donors (Lipinski definition) is 0. The summed E-state index contributed by atoms with van der Waals surface area (Å²) in [7, 11) is 0. The van der Waals surface area contributed by atoms with Crippen LogP contribution in [-0.4, -0.2) is 85.2 Å². The minimum absolute atomic E-state index is 0.00563. The minimum Gasteiger partial charge on any atom is -0.491 e. The van der Waals surface area contributed by atoms with Crippen LogP contribution in [0.5, 0.6) is 5.75 Å². The molecule has 246 valence electrons. The van der Waals surface area contributed by atoms with Crippen LogP contribution in [0.3, 0.4) is 0 Å². The van der Waals surface area contributed by atoms with Gasteiger partial charge in [-0.1, -0.05) is 0 Å². The molecule has 0 N–H and O–H groups in total. The Labute approximate surface area is 265 Å². The topological polar surface area (TPSA) is 193 Å². The molecule has 0 radical (unpaired) electrons. The lowest BCUT2D eigenvalue weighted by molar-refractivity contribution is -0.255. The fourth-order valence-electron chi connectivity index (χ4n) is 4.80. The van der Waals surface area contributed by atoms with Crippen molar-refractivity contribution in [3.8, 4) is 17.0 Å². The van der Waals surface area contributed by atoms with Crippen molar-refractivity contribution in [3.05, 3.63) is 45.1 Å². The maximum atomic E-state index is 13.5. The Balaban J connectivity index is 1.69. The fraction of sp³-hybridized carbons (Fsp3) is 0.433. The van der Waals surface area contributed by atoms with E-state index < -0.39 is 72.4 Å². The highest BCUT2D eigenvalue weighted by atomic mass is 32.1. The molecule has 46 heavy (non-hydrogen) atoms. The summed E-state index contributed by atoms with van der Waals surface area (Å²) < 4.78 is 44.3. The number of carbonyl (C=O) groups is 5. The maximum Gasteiger partial charge on any atom is 0.375 e. The molecule has 1 aromatic carbocycles. The van der Waals surface area contributed by atoms with Gasteiger partial charge in [0.2, 0.25) is 11.2 Å². The van der Waals surface area contributed by atoms with Gasteiger partial charge in [0.15, 0.2) is 18.3 Å². The zero-order valence-electron chi connectivity index (χ0n) is 25.5. The van der Waals surface area contributed by atoms with E-state index in [1.54, 1.807) is 12.3 Å². The Bertz CT molecular complexity index is 1670. The normalized spacial score (nSPS) is 20.8. The lowest BCUT2D eigenvalue weighted by Crippen LogP contribution is -2.63. The summed E-state index contributed by atoms with van der Waals surface area (Å²) in [5.74, 6) is -3.97. The lowest BCUT2D eigenvalue weighted by Gasteiger charge is -2.44. The first-order chi connectivity index (χ1) is 21.9. The molecule has 1 saturated heterocycles. The Morgan fingerprint density at radius 1 is 0.848 bits per heavy atom. The number of fused-ring (bicyclic) bond motifs is 1. The average molecular weight is 662 g/mol. The van der Waals surface area contributed by atoms with Gasteiger partial charge in [0.25, 0.3) is 0 Å². The van der Waals surface area contributed by atoms with E-state index in [-0.39, 0.29) is 47.0 Å². The molecule has 0 unspecified atom stereocenters. The van der Waals surface area contributed by atoms with Gasteiger partial charge in [-0.05, 0) is 19.1 Å². The van der Waals surface area contributed by atoms with Crippen molar-refractivity contribution in [2.24, 2.45) is 0 Å². The molecular weight excluding hydrogens is 630 g/mol. The first kappa shape index (κ1) is 34.1. The predicted octanol–water partition coefficient (Wildman–Crippen LogP) is 2.60. The van der Waals surface area contributed by atoms with E-state index in [2.05, 4.69) is 4.98 Å². The smallest absolute Gasteiger partial charge is 0.375 e. The van der Waals surface area contributed by atoms with Gasteiger partial charge in [-0.15, -0.1) is 11.3 Å². The van der Waals surface area contributed by atoms with Gasteiger partial charge < -0.3 is 37.6 Å². The van der Waals surface area contributed by atoms with Crippen LogP contribution in [0.4, 0.5) is 0 Å². The van der Waals surface area contributed by atoms with Gasteiger partial charge in [0.1, 0.15) is 36.8 Å². The minimum atomic E-state index is -1.36. The van der Waals surface area contributed by atoms with E-state index in [1.807, 2.05) is 0 Å². The molecule has 4 rings (SSSR count). The molecule has 1 aliphatic rings. The largest absolute Gasteiger partial charge is 0.491 e. The number of aromatic nitrogens is 1. The molecule has 16 heteroatoms. The van der Waals surface area contributed by atoms with E-state index in [4.69, 9.17) is 37.6 Å². The third-order valence-electron chi connectivity index (χ3n) is 6.51. The number of benzene rings is 1. The van der Waals surface area contributed by atoms with Gasteiger partial charge in [-0.2, -0.15) is 0 Å². The standard InChI is InChI=1S/C30H31NO14S/c1-6-38-30(37)28-24(20-12-46-13-31-20)25(36)19-8-7-18(9-21(19)45-28)40-11-23-27(42-16(4)34)29(43-17(5)35)26(41-15(3)33)22(44-23)10-39-14(2)32/h7-9,12-13,22-23,26-27,29H,6,10-11H2,1-5H3/t22-,23-,26-,27-,29-/m1/s1. The van der Waals surface area contributed by atoms with Crippen LogP contribution in [0.2, 0.25) is 0 Å². The highest BCUT2D eigenvalue weighted by molar-refractivity contribution is 7.07. The van der Waals surface area contributed by atoms with Crippen LogP contribution in [0.15, 0.2) is 38.3 Å². The summed E-state index contributed by atoms with van der Waals surface area (Å²) in [5.41, 5.74) is 1.22. The van der Waals surface area contributed by atoms with Crippen LogP contribution in [-0.2, 0) is 47.6 Å². The molecule has 2 aromatic heterocycles. The highest BCUT2D eigenvalue weighted by Gasteiger charge is 2.52. The SMILES string of the molecule is CCOC(=O)c1oc2cc(OC[C@H]3O[C@H](COC(C)=O)[C@@H](OC(C)=O)[C@@H](OC(C)=O)[C@@H]3OC(C)=O)ccc2c(=O)c1-c1cscn1. The van der Waals surface area contributed by atoms with Gasteiger partial charge >= 0.3 is 29.8 Å². The van der Waals surface area contributed by atoms with Gasteiger partial charge in [0, 0.05) is 39.1 Å². The van der Waals surface area contributed by atoms with E-state index in [0.29, 0.717) is 0 Å². The van der Waals surface area contributed by atoms with E-state index in [1.165, 1.54) is 42.0 Å². The Morgan fingerprint density at radius 2 is 1.48 bits per heavy atom. The van der Waals surface area contributed by atoms with E-state index >= 15 is 0 Å². The number of hydrogen-bond acceptors (Lipinski definition) is 16. The van der Waals surface area contributed by atoms with Crippen LogP contribution in [0.1, 0.15) is 45.2 Å². The van der Waals surface area contributed by atoms with Crippen LogP contribution >= 0.6 is 11.3 Å². The third kappa shape index (κ3) is 8.06. The summed E-state index contributed by atoms with van der Waals surface area (Å²) in [4.78, 5) is 78.1. The number of thiazole rings is 1. The fourth-order valence-corrected chi connectivity index (χ4v) is 5.35. The molecule has 0 bridgehead atoms. The predicted molar refractivity (Wildman–Crippen MR) is 157 cm³/mol. The second-order valence-electron chi connectivity index (χ2n) is 9.94. The van der Waals surface area contributed by atoms with Crippen molar-refractivity contribution in [1.29, 1.82) is 0 Å². The van der Waals surface area contributed by atoms with Crippen LogP contribution in [0, 0.1) is 0 Å². The van der Waals surface area contributed by atoms with E-state index in [9.17, 15) is 28.8 Å². The van der Waals surface area contributed by atoms with Crippen molar-refractivity contribution < 1.29 is 61.5 Å². The van der Waals surface area contributed by atoms with Crippen LogP contribution in [0.25, 0.3) is 22.2 Å². The molecule has 0 aliphatic carbocycles. The Kier molecular flexibility index (Phi) is 11.1. The van der Waals surface area contributed by atoms with Gasteiger partial charge in [0.05, 0.1) is 28.8 Å². The molecular formula is C30H31NO14S. The third-order valence-corrected chi connectivity index (χ3v) is 7.10. The number of nitrogens with zero attached hydrogens (tertiary/aromatic N) is 1. The Morgan fingerprint density at radius 3 is 2.04 bits per heavy atom. The Hall–Kier alpha value is -4.83. The molecule has 1 aliphatic heterocycles. The first-order valence-electron chi connectivity index (χ1n) is 14.0. The van der Waals surface area contributed by atoms with Gasteiger partial charge in [-0.3, -0.25) is 24.0 Å². The number of esters is 5. The number of rotatable bonds is 11. The number of ether oxygens (including phenoxy) is 7. The molecule has 1 fully saturated rings. The summed E-state index contributed by atoms with van der Waals surface area (Å²) in [6, 6.07) is 4.28. The zero-order valence-corrected chi connectivity index (χ0v) is 26.3. The van der Waals surface area contributed by atoms with Crippen molar-refractivity contribution in [2.45, 2.75) is 65.1 Å². The molecule has 5 atom stereocenters. The molecule has 0 spiro atoms. The highest BCUT2D eigenvalue weighted by Crippen LogP contribution is 2.31. The maximum absolute atomic E-state index is 13.5. The average Bonchev–Trinajstić information content (AvgIpc) is 3.51. The molecule has 0 amide bonds.